The normalized spacial score (nSPS) is 12.3. The maximum Gasteiger partial charge on any atom is 0.244 e. The Kier molecular flexibility index (Phi) is 7.13. The van der Waals surface area contributed by atoms with E-state index >= 15 is 0 Å². The summed E-state index contributed by atoms with van der Waals surface area (Å²) in [5.41, 5.74) is 0.917. The third kappa shape index (κ3) is 4.95. The van der Waals surface area contributed by atoms with Crippen molar-refractivity contribution in [1.82, 2.24) is 9.62 Å². The number of sulfonamides is 1. The van der Waals surface area contributed by atoms with Crippen LogP contribution in [0.25, 0.3) is 0 Å². The van der Waals surface area contributed by atoms with Crippen LogP contribution in [-0.2, 0) is 16.6 Å². The number of rotatable bonds is 8. The first-order valence-corrected chi connectivity index (χ1v) is 9.14. The SMILES string of the molecule is CCNCc1ccc(Cl)c(S(=O)(=O)N(CC)CC(C)C)c1. The first kappa shape index (κ1) is 18.4. The van der Waals surface area contributed by atoms with Crippen molar-refractivity contribution >= 4 is 21.6 Å². The quantitative estimate of drug-likeness (QED) is 0.795. The molecule has 1 aromatic rings. The molecule has 4 nitrogen and oxygen atoms in total. The zero-order valence-electron chi connectivity index (χ0n) is 13.2. The number of nitrogens with one attached hydrogen (secondary N) is 1. The van der Waals surface area contributed by atoms with Crippen LogP contribution in [0.2, 0.25) is 5.02 Å². The molecule has 0 saturated carbocycles. The zero-order valence-corrected chi connectivity index (χ0v) is 14.8. The summed E-state index contributed by atoms with van der Waals surface area (Å²) in [4.78, 5) is 0.196. The van der Waals surface area contributed by atoms with Crippen LogP contribution < -0.4 is 5.32 Å². The largest absolute Gasteiger partial charge is 0.313 e. The summed E-state index contributed by atoms with van der Waals surface area (Å²) in [6.07, 6.45) is 0. The summed E-state index contributed by atoms with van der Waals surface area (Å²) in [5.74, 6) is 0.267. The van der Waals surface area contributed by atoms with E-state index in [1.807, 2.05) is 33.8 Å². The van der Waals surface area contributed by atoms with Gasteiger partial charge in [-0.3, -0.25) is 0 Å². The standard InChI is InChI=1S/C15H25ClN2O2S/c1-5-17-10-13-7-8-14(16)15(9-13)21(19,20)18(6-2)11-12(3)4/h7-9,12,17H,5-6,10-11H2,1-4H3. The second-order valence-corrected chi connectivity index (χ2v) is 7.71. The van der Waals surface area contributed by atoms with Crippen molar-refractivity contribution < 1.29 is 8.42 Å². The van der Waals surface area contributed by atoms with Gasteiger partial charge in [0, 0.05) is 19.6 Å². The summed E-state index contributed by atoms with van der Waals surface area (Å²) in [6, 6.07) is 5.18. The average molecular weight is 333 g/mol. The number of hydrogen-bond donors (Lipinski definition) is 1. The minimum absolute atomic E-state index is 0.196. The number of hydrogen-bond acceptors (Lipinski definition) is 3. The fourth-order valence-electron chi connectivity index (χ4n) is 2.07. The van der Waals surface area contributed by atoms with Crippen molar-refractivity contribution in [3.63, 3.8) is 0 Å². The highest BCUT2D eigenvalue weighted by molar-refractivity contribution is 7.89. The summed E-state index contributed by atoms with van der Waals surface area (Å²) in [6.45, 7) is 10.3. The van der Waals surface area contributed by atoms with Gasteiger partial charge < -0.3 is 5.32 Å². The molecule has 0 amide bonds. The Morgan fingerprint density at radius 3 is 2.48 bits per heavy atom. The molecule has 120 valence electrons. The lowest BCUT2D eigenvalue weighted by molar-refractivity contribution is 0.381. The highest BCUT2D eigenvalue weighted by Crippen LogP contribution is 2.26. The van der Waals surface area contributed by atoms with E-state index in [2.05, 4.69) is 5.32 Å². The monoisotopic (exact) mass is 332 g/mol. The minimum Gasteiger partial charge on any atom is -0.313 e. The van der Waals surface area contributed by atoms with Crippen LogP contribution in [0.5, 0.6) is 0 Å². The van der Waals surface area contributed by atoms with E-state index in [4.69, 9.17) is 11.6 Å². The van der Waals surface area contributed by atoms with Gasteiger partial charge in [0.2, 0.25) is 10.0 Å². The summed E-state index contributed by atoms with van der Waals surface area (Å²) >= 11 is 6.13. The molecule has 0 spiro atoms. The Morgan fingerprint density at radius 1 is 1.29 bits per heavy atom. The first-order valence-electron chi connectivity index (χ1n) is 7.32. The van der Waals surface area contributed by atoms with E-state index in [0.29, 0.717) is 19.6 Å². The number of halogens is 1. The Labute approximate surface area is 133 Å². The van der Waals surface area contributed by atoms with Crippen LogP contribution in [0.1, 0.15) is 33.3 Å². The molecular formula is C15H25ClN2O2S. The van der Waals surface area contributed by atoms with Gasteiger partial charge in [0.05, 0.1) is 5.02 Å². The van der Waals surface area contributed by atoms with Gasteiger partial charge >= 0.3 is 0 Å². The Bertz CT molecular complexity index is 559. The van der Waals surface area contributed by atoms with E-state index in [0.717, 1.165) is 12.1 Å². The molecule has 0 atom stereocenters. The molecule has 0 bridgehead atoms. The molecule has 1 rings (SSSR count). The molecule has 0 aliphatic carbocycles. The van der Waals surface area contributed by atoms with Crippen LogP contribution in [0.4, 0.5) is 0 Å². The summed E-state index contributed by atoms with van der Waals surface area (Å²) in [5, 5.41) is 3.46. The molecule has 6 heteroatoms. The highest BCUT2D eigenvalue weighted by Gasteiger charge is 2.26. The minimum atomic E-state index is -3.55. The smallest absolute Gasteiger partial charge is 0.244 e. The maximum absolute atomic E-state index is 12.8. The first-order chi connectivity index (χ1) is 9.82. The molecule has 0 unspecified atom stereocenters. The van der Waals surface area contributed by atoms with Crippen molar-refractivity contribution in [1.29, 1.82) is 0 Å². The van der Waals surface area contributed by atoms with Crippen molar-refractivity contribution in [2.24, 2.45) is 5.92 Å². The van der Waals surface area contributed by atoms with Gasteiger partial charge in [-0.05, 0) is 30.2 Å². The molecule has 0 aromatic heterocycles. The predicted octanol–water partition coefficient (Wildman–Crippen LogP) is 3.12. The highest BCUT2D eigenvalue weighted by atomic mass is 35.5. The van der Waals surface area contributed by atoms with E-state index < -0.39 is 10.0 Å². The molecule has 0 heterocycles. The lowest BCUT2D eigenvalue weighted by Crippen LogP contribution is -2.34. The van der Waals surface area contributed by atoms with Gasteiger partial charge in [-0.15, -0.1) is 0 Å². The third-order valence-electron chi connectivity index (χ3n) is 3.11. The van der Waals surface area contributed by atoms with Crippen molar-refractivity contribution in [2.45, 2.75) is 39.1 Å². The molecule has 0 saturated heterocycles. The lowest BCUT2D eigenvalue weighted by Gasteiger charge is -2.23. The second-order valence-electron chi connectivity index (χ2n) is 5.39. The topological polar surface area (TPSA) is 49.4 Å². The number of nitrogens with zero attached hydrogens (tertiary/aromatic N) is 1. The van der Waals surface area contributed by atoms with Gasteiger partial charge in [0.25, 0.3) is 0 Å². The van der Waals surface area contributed by atoms with Crippen LogP contribution in [0.15, 0.2) is 23.1 Å². The van der Waals surface area contributed by atoms with Gasteiger partial charge in [0.1, 0.15) is 4.90 Å². The molecule has 0 radical (unpaired) electrons. The van der Waals surface area contributed by atoms with Gasteiger partial charge in [-0.25, -0.2) is 8.42 Å². The van der Waals surface area contributed by atoms with Gasteiger partial charge in [0.15, 0.2) is 0 Å². The molecular weight excluding hydrogens is 308 g/mol. The molecule has 0 aliphatic heterocycles. The van der Waals surface area contributed by atoms with Crippen LogP contribution in [0.3, 0.4) is 0 Å². The Morgan fingerprint density at radius 2 is 1.95 bits per heavy atom. The fraction of sp³-hybridized carbons (Fsp3) is 0.600. The fourth-order valence-corrected chi connectivity index (χ4v) is 4.21. The average Bonchev–Trinajstić information content (AvgIpc) is 2.43. The van der Waals surface area contributed by atoms with Crippen LogP contribution in [-0.4, -0.2) is 32.4 Å². The molecule has 1 N–H and O–H groups in total. The number of benzene rings is 1. The molecule has 21 heavy (non-hydrogen) atoms. The van der Waals surface area contributed by atoms with E-state index in [1.54, 1.807) is 12.1 Å². The van der Waals surface area contributed by atoms with Gasteiger partial charge in [-0.1, -0.05) is 45.4 Å². The molecule has 0 aliphatic rings. The lowest BCUT2D eigenvalue weighted by atomic mass is 10.2. The second kappa shape index (κ2) is 8.13. The Balaban J connectivity index is 3.16. The van der Waals surface area contributed by atoms with E-state index in [-0.39, 0.29) is 15.8 Å². The van der Waals surface area contributed by atoms with Crippen molar-refractivity contribution in [3.05, 3.63) is 28.8 Å². The third-order valence-corrected chi connectivity index (χ3v) is 5.54. The van der Waals surface area contributed by atoms with E-state index in [9.17, 15) is 8.42 Å². The van der Waals surface area contributed by atoms with Crippen molar-refractivity contribution in [3.8, 4) is 0 Å². The predicted molar refractivity (Wildman–Crippen MR) is 88.1 cm³/mol. The van der Waals surface area contributed by atoms with Gasteiger partial charge in [-0.2, -0.15) is 4.31 Å². The Hall–Kier alpha value is -0.620. The summed E-state index contributed by atoms with van der Waals surface area (Å²) < 4.78 is 27.0. The van der Waals surface area contributed by atoms with Crippen LogP contribution in [0, 0.1) is 5.92 Å². The van der Waals surface area contributed by atoms with E-state index in [1.165, 1.54) is 4.31 Å². The molecule has 1 aromatic carbocycles. The maximum atomic E-state index is 12.8. The summed E-state index contributed by atoms with van der Waals surface area (Å²) in [7, 11) is -3.55. The zero-order chi connectivity index (χ0) is 16.0. The molecule has 0 fully saturated rings. The van der Waals surface area contributed by atoms with Crippen molar-refractivity contribution in [2.75, 3.05) is 19.6 Å². The van der Waals surface area contributed by atoms with Crippen LogP contribution >= 0.6 is 11.6 Å².